The minimum Gasteiger partial charge on any atom is -0.451 e. The van der Waals surface area contributed by atoms with Crippen molar-refractivity contribution in [2.75, 3.05) is 4.90 Å². The number of fused-ring (bicyclic) bond motifs is 1. The molecule has 0 bridgehead atoms. The molecule has 0 unspecified atom stereocenters. The zero-order valence-electron chi connectivity index (χ0n) is 17.2. The Hall–Kier alpha value is -3.47. The van der Waals surface area contributed by atoms with Crippen molar-refractivity contribution in [2.45, 2.75) is 33.2 Å². The molecule has 0 N–H and O–H groups in total. The molecule has 4 nitrogen and oxygen atoms in total. The standard InChI is InChI=1S/C25H23FN2O2/c1-16(2)19-9-7-18(8-10-19)15-28(23-6-4-5-13-27-23)25(29)24-17(3)21-14-20(26)11-12-22(21)30-24/h4-14,16H,15H2,1-3H3. The molecule has 1 amide bonds. The number of benzene rings is 2. The number of carbonyl (C=O) groups excluding carboxylic acids is 1. The normalized spacial score (nSPS) is 11.2. The molecule has 0 atom stereocenters. The Morgan fingerprint density at radius 1 is 1.10 bits per heavy atom. The summed E-state index contributed by atoms with van der Waals surface area (Å²) in [5.74, 6) is 0.487. The van der Waals surface area contributed by atoms with Crippen LogP contribution in [0.2, 0.25) is 0 Å². The zero-order valence-corrected chi connectivity index (χ0v) is 17.2. The largest absolute Gasteiger partial charge is 0.451 e. The van der Waals surface area contributed by atoms with Crippen molar-refractivity contribution in [3.05, 3.63) is 95.1 Å². The van der Waals surface area contributed by atoms with E-state index in [1.807, 2.05) is 18.2 Å². The molecule has 152 valence electrons. The topological polar surface area (TPSA) is 46.3 Å². The Morgan fingerprint density at radius 3 is 2.53 bits per heavy atom. The lowest BCUT2D eigenvalue weighted by atomic mass is 10.0. The highest BCUT2D eigenvalue weighted by Crippen LogP contribution is 2.29. The number of carbonyl (C=O) groups is 1. The maximum atomic E-state index is 13.7. The summed E-state index contributed by atoms with van der Waals surface area (Å²) in [5, 5.41) is 0.598. The number of pyridine rings is 1. The van der Waals surface area contributed by atoms with Gasteiger partial charge in [0.1, 0.15) is 17.2 Å². The number of aromatic nitrogens is 1. The lowest BCUT2D eigenvalue weighted by Gasteiger charge is -2.21. The van der Waals surface area contributed by atoms with Crippen LogP contribution in [0.4, 0.5) is 10.2 Å². The van der Waals surface area contributed by atoms with Crippen molar-refractivity contribution >= 4 is 22.7 Å². The second-order valence-electron chi connectivity index (χ2n) is 7.67. The summed E-state index contributed by atoms with van der Waals surface area (Å²) in [6, 6.07) is 17.9. The molecule has 4 aromatic rings. The molecular weight excluding hydrogens is 379 g/mol. The summed E-state index contributed by atoms with van der Waals surface area (Å²) in [6.07, 6.45) is 1.65. The van der Waals surface area contributed by atoms with Crippen LogP contribution in [0.3, 0.4) is 0 Å². The maximum absolute atomic E-state index is 13.7. The van der Waals surface area contributed by atoms with Gasteiger partial charge < -0.3 is 4.42 Å². The van der Waals surface area contributed by atoms with E-state index in [9.17, 15) is 9.18 Å². The van der Waals surface area contributed by atoms with Gasteiger partial charge in [0.2, 0.25) is 0 Å². The molecular formula is C25H23FN2O2. The SMILES string of the molecule is Cc1c(C(=O)N(Cc2ccc(C(C)C)cc2)c2ccccn2)oc2ccc(F)cc12. The molecule has 0 spiro atoms. The predicted molar refractivity (Wildman–Crippen MR) is 116 cm³/mol. The highest BCUT2D eigenvalue weighted by atomic mass is 19.1. The molecule has 2 aromatic heterocycles. The molecule has 5 heteroatoms. The summed E-state index contributed by atoms with van der Waals surface area (Å²) < 4.78 is 19.5. The highest BCUT2D eigenvalue weighted by Gasteiger charge is 2.25. The number of furan rings is 1. The highest BCUT2D eigenvalue weighted by molar-refractivity contribution is 6.07. The first kappa shape index (κ1) is 19.8. The fourth-order valence-corrected chi connectivity index (χ4v) is 3.48. The maximum Gasteiger partial charge on any atom is 0.295 e. The number of amides is 1. The van der Waals surface area contributed by atoms with Crippen molar-refractivity contribution in [1.82, 2.24) is 4.98 Å². The minimum absolute atomic E-state index is 0.194. The van der Waals surface area contributed by atoms with E-state index in [2.05, 4.69) is 31.0 Å². The molecule has 2 aromatic carbocycles. The third-order valence-electron chi connectivity index (χ3n) is 5.25. The van der Waals surface area contributed by atoms with E-state index in [1.165, 1.54) is 17.7 Å². The second-order valence-corrected chi connectivity index (χ2v) is 7.67. The number of hydrogen-bond acceptors (Lipinski definition) is 3. The lowest BCUT2D eigenvalue weighted by molar-refractivity contribution is 0.0959. The molecule has 4 rings (SSSR count). The van der Waals surface area contributed by atoms with Crippen LogP contribution >= 0.6 is 0 Å². The Kier molecular flexibility index (Phi) is 5.36. The van der Waals surface area contributed by atoms with Crippen LogP contribution in [0.25, 0.3) is 11.0 Å². The molecule has 0 saturated heterocycles. The fraction of sp³-hybridized carbons (Fsp3) is 0.200. The molecule has 0 radical (unpaired) electrons. The quantitative estimate of drug-likeness (QED) is 0.397. The number of rotatable bonds is 5. The lowest BCUT2D eigenvalue weighted by Crippen LogP contribution is -2.31. The van der Waals surface area contributed by atoms with Crippen molar-refractivity contribution in [1.29, 1.82) is 0 Å². The van der Waals surface area contributed by atoms with Gasteiger partial charge in [0, 0.05) is 17.1 Å². The third kappa shape index (κ3) is 3.83. The van der Waals surface area contributed by atoms with Crippen LogP contribution in [0.15, 0.2) is 71.3 Å². The van der Waals surface area contributed by atoms with Crippen LogP contribution in [0.5, 0.6) is 0 Å². The molecule has 2 heterocycles. The second kappa shape index (κ2) is 8.11. The number of aryl methyl sites for hydroxylation is 1. The molecule has 0 fully saturated rings. The first-order valence-electron chi connectivity index (χ1n) is 9.94. The summed E-state index contributed by atoms with van der Waals surface area (Å²) in [6.45, 7) is 6.41. The summed E-state index contributed by atoms with van der Waals surface area (Å²) in [4.78, 5) is 19.5. The van der Waals surface area contributed by atoms with Gasteiger partial charge in [-0.2, -0.15) is 0 Å². The van der Waals surface area contributed by atoms with E-state index >= 15 is 0 Å². The van der Waals surface area contributed by atoms with Crippen LogP contribution in [-0.2, 0) is 6.54 Å². The molecule has 0 aliphatic heterocycles. The van der Waals surface area contributed by atoms with Gasteiger partial charge in [-0.15, -0.1) is 0 Å². The average molecular weight is 402 g/mol. The van der Waals surface area contributed by atoms with Gasteiger partial charge in [-0.25, -0.2) is 9.37 Å². The summed E-state index contributed by atoms with van der Waals surface area (Å²) in [7, 11) is 0. The molecule has 30 heavy (non-hydrogen) atoms. The van der Waals surface area contributed by atoms with E-state index in [4.69, 9.17) is 4.42 Å². The van der Waals surface area contributed by atoms with Gasteiger partial charge in [0.25, 0.3) is 5.91 Å². The number of nitrogens with zero attached hydrogens (tertiary/aromatic N) is 2. The van der Waals surface area contributed by atoms with E-state index in [1.54, 1.807) is 36.2 Å². The summed E-state index contributed by atoms with van der Waals surface area (Å²) >= 11 is 0. The Balaban J connectivity index is 1.73. The fourth-order valence-electron chi connectivity index (χ4n) is 3.48. The summed E-state index contributed by atoms with van der Waals surface area (Å²) in [5.41, 5.74) is 3.33. The molecule has 0 aliphatic rings. The van der Waals surface area contributed by atoms with Gasteiger partial charge in [-0.3, -0.25) is 9.69 Å². The van der Waals surface area contributed by atoms with Crippen molar-refractivity contribution in [3.63, 3.8) is 0 Å². The van der Waals surface area contributed by atoms with Crippen LogP contribution < -0.4 is 4.90 Å². The Labute approximate surface area is 175 Å². The molecule has 0 aliphatic carbocycles. The van der Waals surface area contributed by atoms with Gasteiger partial charge in [-0.05, 0) is 54.3 Å². The first-order valence-corrected chi connectivity index (χ1v) is 9.94. The first-order chi connectivity index (χ1) is 14.4. The van der Waals surface area contributed by atoms with E-state index in [-0.39, 0.29) is 17.5 Å². The predicted octanol–water partition coefficient (Wildman–Crippen LogP) is 6.25. The van der Waals surface area contributed by atoms with Gasteiger partial charge in [0.05, 0.1) is 6.54 Å². The van der Waals surface area contributed by atoms with E-state index < -0.39 is 0 Å². The van der Waals surface area contributed by atoms with Crippen LogP contribution in [0.1, 0.15) is 47.0 Å². The van der Waals surface area contributed by atoms with Crippen LogP contribution in [-0.4, -0.2) is 10.9 Å². The Bertz CT molecular complexity index is 1180. The van der Waals surface area contributed by atoms with E-state index in [0.29, 0.717) is 34.8 Å². The zero-order chi connectivity index (χ0) is 21.3. The van der Waals surface area contributed by atoms with Crippen LogP contribution in [0, 0.1) is 12.7 Å². The number of hydrogen-bond donors (Lipinski definition) is 0. The van der Waals surface area contributed by atoms with Crippen molar-refractivity contribution in [3.8, 4) is 0 Å². The van der Waals surface area contributed by atoms with E-state index in [0.717, 1.165) is 5.56 Å². The van der Waals surface area contributed by atoms with Gasteiger partial charge >= 0.3 is 0 Å². The third-order valence-corrected chi connectivity index (χ3v) is 5.25. The average Bonchev–Trinajstić information content (AvgIpc) is 3.08. The molecule has 0 saturated carbocycles. The minimum atomic E-state index is -0.364. The van der Waals surface area contributed by atoms with Crippen molar-refractivity contribution < 1.29 is 13.6 Å². The number of anilines is 1. The van der Waals surface area contributed by atoms with Gasteiger partial charge in [0.15, 0.2) is 5.76 Å². The van der Waals surface area contributed by atoms with Crippen molar-refractivity contribution in [2.24, 2.45) is 0 Å². The number of halogens is 1. The monoisotopic (exact) mass is 402 g/mol. The van der Waals surface area contributed by atoms with Gasteiger partial charge in [-0.1, -0.05) is 44.2 Å². The Morgan fingerprint density at radius 2 is 1.87 bits per heavy atom. The smallest absolute Gasteiger partial charge is 0.295 e.